The second-order valence-electron chi connectivity index (χ2n) is 8.57. The number of sulfonamides is 1. The van der Waals surface area contributed by atoms with Gasteiger partial charge in [0.15, 0.2) is 6.61 Å². The van der Waals surface area contributed by atoms with Crippen LogP contribution in [0.25, 0.3) is 0 Å². The number of carbonyl (C=O) groups is 2. The molecule has 10 heteroatoms. The summed E-state index contributed by atoms with van der Waals surface area (Å²) in [6.45, 7) is 4.24. The van der Waals surface area contributed by atoms with Gasteiger partial charge >= 0.3 is 0 Å². The van der Waals surface area contributed by atoms with E-state index >= 15 is 0 Å². The Labute approximate surface area is 199 Å². The van der Waals surface area contributed by atoms with Crippen molar-refractivity contribution in [2.75, 3.05) is 36.5 Å². The minimum atomic E-state index is -3.70. The van der Waals surface area contributed by atoms with E-state index < -0.39 is 15.9 Å². The molecule has 0 bridgehead atoms. The molecule has 9 nitrogen and oxygen atoms in total. The van der Waals surface area contributed by atoms with Crippen molar-refractivity contribution >= 4 is 33.2 Å². The summed E-state index contributed by atoms with van der Waals surface area (Å²) in [5, 5.41) is 2.75. The molecule has 182 valence electrons. The summed E-state index contributed by atoms with van der Waals surface area (Å²) in [4.78, 5) is 26.8. The number of anilines is 2. The van der Waals surface area contributed by atoms with Crippen molar-refractivity contribution in [3.63, 3.8) is 0 Å². The maximum Gasteiger partial charge on any atom is 0.265 e. The topological polar surface area (TPSA) is 105 Å². The summed E-state index contributed by atoms with van der Waals surface area (Å²) in [6, 6.07) is 11.5. The SMILES string of the molecule is CC(C)Oc1ccc(S(=O)(=O)N2CCCCC2)cc1NC(=O)CN1C(=O)COc2ccccc21. The number of benzene rings is 2. The van der Waals surface area contributed by atoms with Crippen molar-refractivity contribution in [1.82, 2.24) is 4.31 Å². The van der Waals surface area contributed by atoms with E-state index in [1.165, 1.54) is 21.3 Å². The van der Waals surface area contributed by atoms with Crippen LogP contribution in [0.3, 0.4) is 0 Å². The van der Waals surface area contributed by atoms with Crippen molar-refractivity contribution in [3.8, 4) is 11.5 Å². The van der Waals surface area contributed by atoms with Gasteiger partial charge in [-0.15, -0.1) is 0 Å². The first-order chi connectivity index (χ1) is 16.3. The van der Waals surface area contributed by atoms with Gasteiger partial charge in [0.2, 0.25) is 15.9 Å². The van der Waals surface area contributed by atoms with Gasteiger partial charge < -0.3 is 14.8 Å². The predicted octanol–water partition coefficient (Wildman–Crippen LogP) is 3.01. The van der Waals surface area contributed by atoms with Gasteiger partial charge in [-0.3, -0.25) is 14.5 Å². The molecule has 0 radical (unpaired) electrons. The van der Waals surface area contributed by atoms with E-state index in [9.17, 15) is 18.0 Å². The number of para-hydroxylation sites is 2. The lowest BCUT2D eigenvalue weighted by atomic mass is 10.2. The largest absolute Gasteiger partial charge is 0.489 e. The van der Waals surface area contributed by atoms with Gasteiger partial charge in [-0.05, 0) is 57.0 Å². The molecule has 2 aliphatic rings. The lowest BCUT2D eigenvalue weighted by Crippen LogP contribution is -2.43. The Balaban J connectivity index is 1.59. The van der Waals surface area contributed by atoms with E-state index in [0.29, 0.717) is 30.3 Å². The number of ether oxygens (including phenoxy) is 2. The molecule has 2 aromatic rings. The molecule has 34 heavy (non-hydrogen) atoms. The number of hydrogen-bond acceptors (Lipinski definition) is 6. The maximum absolute atomic E-state index is 13.2. The minimum absolute atomic E-state index is 0.0913. The number of nitrogens with zero attached hydrogens (tertiary/aromatic N) is 2. The van der Waals surface area contributed by atoms with Gasteiger partial charge in [0, 0.05) is 13.1 Å². The first kappa shape index (κ1) is 24.0. The highest BCUT2D eigenvalue weighted by molar-refractivity contribution is 7.89. The summed E-state index contributed by atoms with van der Waals surface area (Å²) in [6.07, 6.45) is 2.48. The highest BCUT2D eigenvalue weighted by Crippen LogP contribution is 2.33. The Kier molecular flexibility index (Phi) is 7.08. The molecule has 2 amide bonds. The Morgan fingerprint density at radius 2 is 1.85 bits per heavy atom. The zero-order valence-electron chi connectivity index (χ0n) is 19.3. The number of hydrogen-bond donors (Lipinski definition) is 1. The van der Waals surface area contributed by atoms with Crippen molar-refractivity contribution in [2.24, 2.45) is 0 Å². The molecule has 1 fully saturated rings. The maximum atomic E-state index is 13.2. The van der Waals surface area contributed by atoms with Gasteiger partial charge in [0.1, 0.15) is 18.0 Å². The number of nitrogens with one attached hydrogen (secondary N) is 1. The molecule has 2 aromatic carbocycles. The number of fused-ring (bicyclic) bond motifs is 1. The van der Waals surface area contributed by atoms with Crippen LogP contribution < -0.4 is 19.7 Å². The Morgan fingerprint density at radius 1 is 1.12 bits per heavy atom. The van der Waals surface area contributed by atoms with Crippen LogP contribution in [0.15, 0.2) is 47.4 Å². The van der Waals surface area contributed by atoms with Crippen LogP contribution in [-0.4, -0.2) is 56.9 Å². The normalized spacial score (nSPS) is 16.7. The molecule has 0 saturated carbocycles. The van der Waals surface area contributed by atoms with Gasteiger partial charge in [-0.25, -0.2) is 8.42 Å². The highest BCUT2D eigenvalue weighted by Gasteiger charge is 2.29. The van der Waals surface area contributed by atoms with Crippen LogP contribution in [0.5, 0.6) is 11.5 Å². The monoisotopic (exact) mass is 487 g/mol. The van der Waals surface area contributed by atoms with Crippen molar-refractivity contribution < 1.29 is 27.5 Å². The first-order valence-corrected chi connectivity index (χ1v) is 12.8. The van der Waals surface area contributed by atoms with Crippen LogP contribution in [-0.2, 0) is 19.6 Å². The van der Waals surface area contributed by atoms with Crippen LogP contribution in [0.1, 0.15) is 33.1 Å². The van der Waals surface area contributed by atoms with E-state index in [4.69, 9.17) is 9.47 Å². The fourth-order valence-corrected chi connectivity index (χ4v) is 5.58. The molecule has 1 saturated heterocycles. The predicted molar refractivity (Wildman–Crippen MR) is 128 cm³/mol. The standard InChI is InChI=1S/C24H29N3O6S/c1-17(2)33-21-11-10-18(34(30,31)26-12-6-3-7-13-26)14-19(21)25-23(28)15-27-20-8-4-5-9-22(20)32-16-24(27)29/h4-5,8-11,14,17H,3,6-7,12-13,15-16H2,1-2H3,(H,25,28). The molecule has 0 atom stereocenters. The molecule has 0 spiro atoms. The van der Waals surface area contributed by atoms with Crippen molar-refractivity contribution in [3.05, 3.63) is 42.5 Å². The average molecular weight is 488 g/mol. The minimum Gasteiger partial charge on any atom is -0.489 e. The van der Waals surface area contributed by atoms with Gasteiger partial charge in [0.05, 0.1) is 22.4 Å². The smallest absolute Gasteiger partial charge is 0.265 e. The van der Waals surface area contributed by atoms with Gasteiger partial charge in [-0.1, -0.05) is 18.6 Å². The fourth-order valence-electron chi connectivity index (χ4n) is 4.04. The highest BCUT2D eigenvalue weighted by atomic mass is 32.2. The summed E-state index contributed by atoms with van der Waals surface area (Å²) in [5.74, 6) is 0.0584. The Morgan fingerprint density at radius 3 is 2.59 bits per heavy atom. The second-order valence-corrected chi connectivity index (χ2v) is 10.5. The Bertz CT molecular complexity index is 1170. The molecule has 0 aliphatic carbocycles. The number of amides is 2. The lowest BCUT2D eigenvalue weighted by Gasteiger charge is -2.29. The number of carbonyl (C=O) groups excluding carboxylic acids is 2. The summed E-state index contributed by atoms with van der Waals surface area (Å²) in [5.41, 5.74) is 0.750. The van der Waals surface area contributed by atoms with Crippen LogP contribution in [0.2, 0.25) is 0 Å². The zero-order valence-corrected chi connectivity index (χ0v) is 20.1. The Hall–Kier alpha value is -3.11. The van der Waals surface area contributed by atoms with E-state index in [2.05, 4.69) is 5.32 Å². The number of rotatable bonds is 7. The molecule has 0 aromatic heterocycles. The third kappa shape index (κ3) is 5.18. The van der Waals surface area contributed by atoms with Gasteiger partial charge in [0.25, 0.3) is 5.91 Å². The van der Waals surface area contributed by atoms with E-state index in [1.807, 2.05) is 13.8 Å². The molecule has 2 heterocycles. The molecular formula is C24H29N3O6S. The zero-order chi connectivity index (χ0) is 24.3. The van der Waals surface area contributed by atoms with Crippen molar-refractivity contribution in [2.45, 2.75) is 44.1 Å². The quantitative estimate of drug-likeness (QED) is 0.644. The number of piperidine rings is 1. The van der Waals surface area contributed by atoms with Crippen LogP contribution in [0, 0.1) is 0 Å². The summed E-state index contributed by atoms with van der Waals surface area (Å²) < 4.78 is 39.0. The molecule has 2 aliphatic heterocycles. The third-order valence-corrected chi connectivity index (χ3v) is 7.55. The van der Waals surface area contributed by atoms with E-state index in [0.717, 1.165) is 19.3 Å². The third-order valence-electron chi connectivity index (χ3n) is 5.65. The molecular weight excluding hydrogens is 458 g/mol. The summed E-state index contributed by atoms with van der Waals surface area (Å²) in [7, 11) is -3.70. The fraction of sp³-hybridized carbons (Fsp3) is 0.417. The molecule has 0 unspecified atom stereocenters. The van der Waals surface area contributed by atoms with Crippen LogP contribution in [0.4, 0.5) is 11.4 Å². The van der Waals surface area contributed by atoms with Crippen LogP contribution >= 0.6 is 0 Å². The first-order valence-electron chi connectivity index (χ1n) is 11.4. The second kappa shape index (κ2) is 10.0. The molecule has 4 rings (SSSR count). The van der Waals surface area contributed by atoms with Gasteiger partial charge in [-0.2, -0.15) is 4.31 Å². The van der Waals surface area contributed by atoms with E-state index in [1.54, 1.807) is 30.3 Å². The summed E-state index contributed by atoms with van der Waals surface area (Å²) >= 11 is 0. The molecule has 1 N–H and O–H groups in total. The average Bonchev–Trinajstić information content (AvgIpc) is 2.82. The van der Waals surface area contributed by atoms with Crippen molar-refractivity contribution in [1.29, 1.82) is 0 Å². The lowest BCUT2D eigenvalue weighted by molar-refractivity contribution is -0.123. The van der Waals surface area contributed by atoms with E-state index in [-0.39, 0.29) is 35.7 Å².